The van der Waals surface area contributed by atoms with E-state index in [1.165, 1.54) is 0 Å². The molecule has 5 heteroatoms. The third-order valence-electron chi connectivity index (χ3n) is 6.75. The van der Waals surface area contributed by atoms with Crippen LogP contribution >= 0.6 is 0 Å². The predicted molar refractivity (Wildman–Crippen MR) is 87.2 cm³/mol. The molecule has 0 radical (unpaired) electrons. The number of ether oxygens (including phenoxy) is 2. The smallest absolute Gasteiger partial charge is 0.334 e. The summed E-state index contributed by atoms with van der Waals surface area (Å²) in [7, 11) is 0. The molecule has 3 heterocycles. The average molecular weight is 340 g/mol. The van der Waals surface area contributed by atoms with Crippen molar-refractivity contribution in [2.75, 3.05) is 6.61 Å². The average Bonchev–Trinajstić information content (AvgIpc) is 3.29. The summed E-state index contributed by atoms with van der Waals surface area (Å²) < 4.78 is 16.2. The zero-order valence-electron chi connectivity index (χ0n) is 14.0. The van der Waals surface area contributed by atoms with E-state index in [2.05, 4.69) is 6.58 Å². The first-order chi connectivity index (χ1) is 12.1. The number of carbonyl (C=O) groups excluding carboxylic acids is 2. The van der Waals surface area contributed by atoms with Crippen LogP contribution in [0.15, 0.2) is 46.8 Å². The molecule has 0 amide bonds. The van der Waals surface area contributed by atoms with Gasteiger partial charge in [0.05, 0.1) is 17.9 Å². The highest BCUT2D eigenvalue weighted by Gasteiger charge is 2.63. The molecule has 4 unspecified atom stereocenters. The molecule has 4 aliphatic rings. The number of rotatable bonds is 1. The lowest BCUT2D eigenvalue weighted by Crippen LogP contribution is -2.47. The van der Waals surface area contributed by atoms with Gasteiger partial charge >= 0.3 is 11.9 Å². The normalized spacial score (nSPS) is 39.7. The van der Waals surface area contributed by atoms with Gasteiger partial charge in [0.1, 0.15) is 12.7 Å². The Hall–Kier alpha value is -2.30. The predicted octanol–water partition coefficient (Wildman–Crippen LogP) is 3.48. The molecule has 2 saturated heterocycles. The molecule has 0 aromatic carbocycles. The Morgan fingerprint density at radius 2 is 2.12 bits per heavy atom. The molecule has 2 spiro atoms. The molecule has 5 rings (SSSR count). The summed E-state index contributed by atoms with van der Waals surface area (Å²) >= 11 is 0. The van der Waals surface area contributed by atoms with Gasteiger partial charge in [-0.15, -0.1) is 0 Å². The van der Waals surface area contributed by atoms with Gasteiger partial charge in [-0.25, -0.2) is 4.79 Å². The van der Waals surface area contributed by atoms with Crippen LogP contribution in [0.25, 0.3) is 0 Å². The standard InChI is InChI=1S/C20H20O5/c1-12-7-20-11-24-17(21)15(20)4-2-3-14(20)8-19(12)9-16(25-18(19)22)13-5-6-23-10-13/h4-6,10,14,16H,1-3,7-9,11H2. The van der Waals surface area contributed by atoms with Crippen LogP contribution in [0.4, 0.5) is 0 Å². The lowest BCUT2D eigenvalue weighted by Gasteiger charge is -2.49. The molecule has 2 aliphatic heterocycles. The lowest BCUT2D eigenvalue weighted by atomic mass is 9.51. The van der Waals surface area contributed by atoms with Crippen LogP contribution in [-0.2, 0) is 19.1 Å². The maximum Gasteiger partial charge on any atom is 0.334 e. The number of hydrogen-bond donors (Lipinski definition) is 0. The van der Waals surface area contributed by atoms with Crippen molar-refractivity contribution in [3.8, 4) is 0 Å². The number of esters is 2. The zero-order chi connectivity index (χ0) is 17.2. The summed E-state index contributed by atoms with van der Waals surface area (Å²) in [5.41, 5.74) is 1.64. The molecule has 2 aliphatic carbocycles. The Morgan fingerprint density at radius 3 is 2.92 bits per heavy atom. The fraction of sp³-hybridized carbons (Fsp3) is 0.500. The third kappa shape index (κ3) is 1.84. The topological polar surface area (TPSA) is 65.7 Å². The van der Waals surface area contributed by atoms with E-state index in [-0.39, 0.29) is 29.4 Å². The zero-order valence-corrected chi connectivity index (χ0v) is 14.0. The van der Waals surface area contributed by atoms with Crippen molar-refractivity contribution in [3.63, 3.8) is 0 Å². The molecular formula is C20H20O5. The van der Waals surface area contributed by atoms with Crippen LogP contribution in [0.1, 0.15) is 43.8 Å². The molecule has 1 saturated carbocycles. The summed E-state index contributed by atoms with van der Waals surface area (Å²) in [5, 5.41) is 0. The number of carbonyl (C=O) groups is 2. The van der Waals surface area contributed by atoms with Crippen LogP contribution in [0, 0.1) is 16.7 Å². The first kappa shape index (κ1) is 15.0. The highest BCUT2D eigenvalue weighted by atomic mass is 16.6. The van der Waals surface area contributed by atoms with Crippen molar-refractivity contribution in [1.82, 2.24) is 0 Å². The van der Waals surface area contributed by atoms with Crippen molar-refractivity contribution in [1.29, 1.82) is 0 Å². The maximum absolute atomic E-state index is 12.9. The van der Waals surface area contributed by atoms with Gasteiger partial charge in [-0.3, -0.25) is 4.79 Å². The van der Waals surface area contributed by atoms with E-state index in [0.29, 0.717) is 25.9 Å². The summed E-state index contributed by atoms with van der Waals surface area (Å²) in [6.45, 7) is 4.68. The number of allylic oxidation sites excluding steroid dienone is 1. The third-order valence-corrected chi connectivity index (χ3v) is 6.75. The molecule has 25 heavy (non-hydrogen) atoms. The molecule has 4 atom stereocenters. The van der Waals surface area contributed by atoms with E-state index in [1.54, 1.807) is 12.5 Å². The number of cyclic esters (lactones) is 2. The van der Waals surface area contributed by atoms with E-state index < -0.39 is 5.41 Å². The van der Waals surface area contributed by atoms with Crippen LogP contribution < -0.4 is 0 Å². The van der Waals surface area contributed by atoms with Crippen LogP contribution in [0.5, 0.6) is 0 Å². The minimum Gasteiger partial charge on any atom is -0.472 e. The Labute approximate surface area is 145 Å². The van der Waals surface area contributed by atoms with Gasteiger partial charge in [-0.1, -0.05) is 18.2 Å². The van der Waals surface area contributed by atoms with Gasteiger partial charge in [0.2, 0.25) is 0 Å². The second kappa shape index (κ2) is 4.87. The minimum absolute atomic E-state index is 0.181. The fourth-order valence-electron chi connectivity index (χ4n) is 5.37. The number of furan rings is 1. The maximum atomic E-state index is 12.9. The first-order valence-electron chi connectivity index (χ1n) is 8.84. The molecule has 130 valence electrons. The lowest BCUT2D eigenvalue weighted by molar-refractivity contribution is -0.150. The highest BCUT2D eigenvalue weighted by molar-refractivity contribution is 5.93. The van der Waals surface area contributed by atoms with Gasteiger partial charge in [0.25, 0.3) is 0 Å². The quantitative estimate of drug-likeness (QED) is 0.578. The van der Waals surface area contributed by atoms with Crippen molar-refractivity contribution in [2.45, 2.75) is 38.2 Å². The highest BCUT2D eigenvalue weighted by Crippen LogP contribution is 2.64. The van der Waals surface area contributed by atoms with E-state index in [9.17, 15) is 9.59 Å². The molecule has 0 bridgehead atoms. The van der Waals surface area contributed by atoms with Gasteiger partial charge in [-0.05, 0) is 37.7 Å². The van der Waals surface area contributed by atoms with Crippen LogP contribution in [0.2, 0.25) is 0 Å². The van der Waals surface area contributed by atoms with Gasteiger partial charge < -0.3 is 13.9 Å². The van der Waals surface area contributed by atoms with Crippen molar-refractivity contribution in [3.05, 3.63) is 48.0 Å². The molecular weight excluding hydrogens is 320 g/mol. The van der Waals surface area contributed by atoms with Crippen molar-refractivity contribution < 1.29 is 23.5 Å². The Balaban J connectivity index is 1.50. The number of hydrogen-bond acceptors (Lipinski definition) is 5. The summed E-state index contributed by atoms with van der Waals surface area (Å²) in [6.07, 6.45) is 8.72. The SMILES string of the molecule is C=C1CC23COC(=O)C2=CCCC3CC12CC(c1ccoc1)OC2=O. The molecule has 1 aromatic rings. The van der Waals surface area contributed by atoms with Crippen LogP contribution in [-0.4, -0.2) is 18.5 Å². The van der Waals surface area contributed by atoms with E-state index in [0.717, 1.165) is 29.6 Å². The van der Waals surface area contributed by atoms with E-state index in [4.69, 9.17) is 13.9 Å². The van der Waals surface area contributed by atoms with E-state index >= 15 is 0 Å². The van der Waals surface area contributed by atoms with Crippen molar-refractivity contribution >= 4 is 11.9 Å². The Kier molecular flexibility index (Phi) is 2.92. The Morgan fingerprint density at radius 1 is 1.24 bits per heavy atom. The van der Waals surface area contributed by atoms with Gasteiger partial charge in [0.15, 0.2) is 0 Å². The van der Waals surface area contributed by atoms with Gasteiger partial charge in [-0.2, -0.15) is 0 Å². The fourth-order valence-corrected chi connectivity index (χ4v) is 5.37. The molecule has 0 N–H and O–H groups in total. The van der Waals surface area contributed by atoms with Gasteiger partial charge in [0, 0.05) is 23.0 Å². The molecule has 3 fully saturated rings. The molecule has 1 aromatic heterocycles. The largest absolute Gasteiger partial charge is 0.472 e. The van der Waals surface area contributed by atoms with E-state index in [1.807, 2.05) is 12.1 Å². The second-order valence-corrected chi connectivity index (χ2v) is 7.85. The first-order valence-corrected chi connectivity index (χ1v) is 8.84. The minimum atomic E-state index is -0.647. The summed E-state index contributed by atoms with van der Waals surface area (Å²) in [5.74, 6) is -0.126. The molecule has 5 nitrogen and oxygen atoms in total. The Bertz CT molecular complexity index is 804. The summed E-state index contributed by atoms with van der Waals surface area (Å²) in [6, 6.07) is 1.84. The second-order valence-electron chi connectivity index (χ2n) is 7.85. The van der Waals surface area contributed by atoms with Crippen molar-refractivity contribution in [2.24, 2.45) is 16.7 Å². The van der Waals surface area contributed by atoms with Crippen LogP contribution in [0.3, 0.4) is 0 Å². The monoisotopic (exact) mass is 340 g/mol. The summed E-state index contributed by atoms with van der Waals surface area (Å²) in [4.78, 5) is 25.0.